The van der Waals surface area contributed by atoms with Crippen LogP contribution in [0, 0.1) is 21.4 Å². The van der Waals surface area contributed by atoms with Crippen molar-refractivity contribution in [1.29, 1.82) is 5.26 Å². The van der Waals surface area contributed by atoms with Crippen molar-refractivity contribution >= 4 is 58.2 Å². The second kappa shape index (κ2) is 9.01. The number of amides is 1. The van der Waals surface area contributed by atoms with E-state index in [-0.39, 0.29) is 27.7 Å². The Kier molecular flexibility index (Phi) is 6.43. The van der Waals surface area contributed by atoms with E-state index in [1.54, 1.807) is 36.4 Å². The largest absolute Gasteiger partial charge is 0.457 e. The van der Waals surface area contributed by atoms with E-state index in [0.717, 1.165) is 6.07 Å². The maximum atomic E-state index is 12.4. The average Bonchev–Trinajstić information content (AvgIpc) is 3.18. The van der Waals surface area contributed by atoms with Gasteiger partial charge in [0.1, 0.15) is 28.2 Å². The van der Waals surface area contributed by atoms with Gasteiger partial charge in [0.15, 0.2) is 0 Å². The van der Waals surface area contributed by atoms with Crippen LogP contribution in [0.5, 0.6) is 0 Å². The van der Waals surface area contributed by atoms with Crippen LogP contribution in [-0.2, 0) is 4.79 Å². The molecule has 0 aliphatic rings. The standard InChI is InChI=1S/C20H10Cl3N3O4/c21-15-4-1-11(8-17(15)23)19-6-3-14(30-19)7-12(10-24)20(27)25-13-2-5-16(22)18(9-13)26(28)29/h1-9H,(H,25,27)/b12-7+. The van der Waals surface area contributed by atoms with Crippen LogP contribution in [0.4, 0.5) is 11.4 Å². The number of nitro groups is 1. The fourth-order valence-corrected chi connectivity index (χ4v) is 2.94. The van der Waals surface area contributed by atoms with Crippen molar-refractivity contribution in [2.75, 3.05) is 5.32 Å². The molecule has 0 atom stereocenters. The van der Waals surface area contributed by atoms with Crippen LogP contribution >= 0.6 is 34.8 Å². The summed E-state index contributed by atoms with van der Waals surface area (Å²) in [7, 11) is 0. The number of nitro benzene ring substituents is 1. The summed E-state index contributed by atoms with van der Waals surface area (Å²) in [4.78, 5) is 22.7. The van der Waals surface area contributed by atoms with Crippen molar-refractivity contribution in [3.05, 3.63) is 85.0 Å². The Morgan fingerprint density at radius 2 is 1.80 bits per heavy atom. The lowest BCUT2D eigenvalue weighted by molar-refractivity contribution is -0.384. The number of carbonyl (C=O) groups is 1. The zero-order valence-corrected chi connectivity index (χ0v) is 17.1. The van der Waals surface area contributed by atoms with Crippen molar-refractivity contribution in [2.45, 2.75) is 0 Å². The van der Waals surface area contributed by atoms with Gasteiger partial charge in [0.2, 0.25) is 0 Å². The highest BCUT2D eigenvalue weighted by molar-refractivity contribution is 6.42. The molecule has 3 aromatic rings. The molecule has 1 aromatic heterocycles. The predicted octanol–water partition coefficient (Wildman–Crippen LogP) is 6.36. The minimum atomic E-state index is -0.762. The number of furan rings is 1. The highest BCUT2D eigenvalue weighted by Gasteiger charge is 2.16. The number of hydrogen-bond acceptors (Lipinski definition) is 5. The van der Waals surface area contributed by atoms with E-state index < -0.39 is 10.8 Å². The Balaban J connectivity index is 1.82. The third kappa shape index (κ3) is 4.81. The van der Waals surface area contributed by atoms with Crippen LogP contribution in [0.3, 0.4) is 0 Å². The molecule has 0 bridgehead atoms. The molecule has 0 radical (unpaired) electrons. The molecule has 0 saturated carbocycles. The fourth-order valence-electron chi connectivity index (χ4n) is 2.45. The number of halogens is 3. The second-order valence-corrected chi connectivity index (χ2v) is 7.10. The molecule has 0 aliphatic carbocycles. The molecule has 10 heteroatoms. The fraction of sp³-hybridized carbons (Fsp3) is 0. The van der Waals surface area contributed by atoms with Gasteiger partial charge in [-0.1, -0.05) is 34.8 Å². The van der Waals surface area contributed by atoms with Gasteiger partial charge in [-0.05, 0) is 42.5 Å². The lowest BCUT2D eigenvalue weighted by atomic mass is 10.2. The number of hydrogen-bond donors (Lipinski definition) is 1. The van der Waals surface area contributed by atoms with Gasteiger partial charge in [-0.3, -0.25) is 14.9 Å². The van der Waals surface area contributed by atoms with E-state index in [1.165, 1.54) is 18.2 Å². The highest BCUT2D eigenvalue weighted by atomic mass is 35.5. The summed E-state index contributed by atoms with van der Waals surface area (Å²) in [5.41, 5.74) is 0.158. The number of nitrogens with one attached hydrogen (secondary N) is 1. The maximum absolute atomic E-state index is 12.4. The highest BCUT2D eigenvalue weighted by Crippen LogP contribution is 2.30. The molecule has 0 spiro atoms. The summed E-state index contributed by atoms with van der Waals surface area (Å²) in [6.07, 6.45) is 1.25. The Labute approximate surface area is 185 Å². The average molecular weight is 463 g/mol. The number of nitrogens with zero attached hydrogens (tertiary/aromatic N) is 2. The molecule has 3 rings (SSSR count). The van der Waals surface area contributed by atoms with Crippen molar-refractivity contribution in [3.8, 4) is 17.4 Å². The molecule has 0 fully saturated rings. The van der Waals surface area contributed by atoms with E-state index in [2.05, 4.69) is 5.32 Å². The number of anilines is 1. The first-order valence-corrected chi connectivity index (χ1v) is 9.34. The van der Waals surface area contributed by atoms with Gasteiger partial charge in [0.25, 0.3) is 11.6 Å². The van der Waals surface area contributed by atoms with Gasteiger partial charge in [0, 0.05) is 23.4 Å². The van der Waals surface area contributed by atoms with E-state index in [0.29, 0.717) is 21.4 Å². The van der Waals surface area contributed by atoms with Crippen LogP contribution < -0.4 is 5.32 Å². The summed E-state index contributed by atoms with van der Waals surface area (Å²) in [6, 6.07) is 13.7. The first kappa shape index (κ1) is 21.4. The molecule has 150 valence electrons. The van der Waals surface area contributed by atoms with Gasteiger partial charge in [-0.2, -0.15) is 5.26 Å². The molecule has 7 nitrogen and oxygen atoms in total. The smallest absolute Gasteiger partial charge is 0.289 e. The molecule has 2 aromatic carbocycles. The number of benzene rings is 2. The number of carbonyl (C=O) groups excluding carboxylic acids is 1. The Bertz CT molecular complexity index is 1230. The molecule has 1 amide bonds. The third-order valence-electron chi connectivity index (χ3n) is 3.88. The second-order valence-electron chi connectivity index (χ2n) is 5.88. The van der Waals surface area contributed by atoms with E-state index in [9.17, 15) is 20.2 Å². The van der Waals surface area contributed by atoms with Gasteiger partial charge in [-0.15, -0.1) is 0 Å². The van der Waals surface area contributed by atoms with Gasteiger partial charge < -0.3 is 9.73 Å². The van der Waals surface area contributed by atoms with Crippen LogP contribution in [0.15, 0.2) is 58.5 Å². The molecule has 0 saturated heterocycles. The summed E-state index contributed by atoms with van der Waals surface area (Å²) in [5, 5.41) is 23.4. The zero-order chi connectivity index (χ0) is 21.8. The predicted molar refractivity (Wildman–Crippen MR) is 114 cm³/mol. The van der Waals surface area contributed by atoms with Gasteiger partial charge >= 0.3 is 0 Å². The van der Waals surface area contributed by atoms with Crippen LogP contribution in [-0.4, -0.2) is 10.8 Å². The molecule has 1 heterocycles. The lowest BCUT2D eigenvalue weighted by Crippen LogP contribution is -2.13. The quantitative estimate of drug-likeness (QED) is 0.205. The normalized spacial score (nSPS) is 11.1. The SMILES string of the molecule is N#C/C(=C\c1ccc(-c2ccc(Cl)c(Cl)c2)o1)C(=O)Nc1ccc(Cl)c([N+](=O)[O-])c1. The Hall–Kier alpha value is -3.31. The molecular formula is C20H10Cl3N3O4. The molecule has 1 N–H and O–H groups in total. The van der Waals surface area contributed by atoms with E-state index in [4.69, 9.17) is 39.2 Å². The minimum absolute atomic E-state index is 0.0699. The summed E-state index contributed by atoms with van der Waals surface area (Å²) >= 11 is 17.7. The number of nitriles is 1. The zero-order valence-electron chi connectivity index (χ0n) is 14.9. The van der Waals surface area contributed by atoms with Crippen molar-refractivity contribution in [3.63, 3.8) is 0 Å². The van der Waals surface area contributed by atoms with Crippen LogP contribution in [0.2, 0.25) is 15.1 Å². The maximum Gasteiger partial charge on any atom is 0.289 e. The van der Waals surface area contributed by atoms with Gasteiger partial charge in [0.05, 0.1) is 15.0 Å². The number of rotatable bonds is 5. The molecule has 0 unspecified atom stereocenters. The monoisotopic (exact) mass is 461 g/mol. The Morgan fingerprint density at radius 3 is 2.47 bits per heavy atom. The van der Waals surface area contributed by atoms with E-state index >= 15 is 0 Å². The first-order chi connectivity index (χ1) is 14.3. The van der Waals surface area contributed by atoms with Gasteiger partial charge in [-0.25, -0.2) is 0 Å². The third-order valence-corrected chi connectivity index (χ3v) is 4.94. The topological polar surface area (TPSA) is 109 Å². The Morgan fingerprint density at radius 1 is 1.07 bits per heavy atom. The lowest BCUT2D eigenvalue weighted by Gasteiger charge is -2.04. The first-order valence-electron chi connectivity index (χ1n) is 8.21. The molecular weight excluding hydrogens is 453 g/mol. The van der Waals surface area contributed by atoms with Crippen molar-refractivity contribution in [2.24, 2.45) is 0 Å². The van der Waals surface area contributed by atoms with E-state index in [1.807, 2.05) is 0 Å². The van der Waals surface area contributed by atoms with Crippen LogP contribution in [0.25, 0.3) is 17.4 Å². The van der Waals surface area contributed by atoms with Crippen molar-refractivity contribution in [1.82, 2.24) is 0 Å². The van der Waals surface area contributed by atoms with Crippen molar-refractivity contribution < 1.29 is 14.1 Å². The minimum Gasteiger partial charge on any atom is -0.457 e. The van der Waals surface area contributed by atoms with Crippen LogP contribution in [0.1, 0.15) is 5.76 Å². The summed E-state index contributed by atoms with van der Waals surface area (Å²) in [5.74, 6) is -0.0442. The molecule has 0 aliphatic heterocycles. The summed E-state index contributed by atoms with van der Waals surface area (Å²) < 4.78 is 5.65. The summed E-state index contributed by atoms with van der Waals surface area (Å²) in [6.45, 7) is 0. The molecule has 30 heavy (non-hydrogen) atoms.